The molecular formula is C2H6Na2O8S2. The summed E-state index contributed by atoms with van der Waals surface area (Å²) in [5, 5.41) is 0. The van der Waals surface area contributed by atoms with Crippen molar-refractivity contribution < 1.29 is 34.3 Å². The van der Waals surface area contributed by atoms with Crippen LogP contribution in [0.4, 0.5) is 0 Å². The fourth-order valence-electron chi connectivity index (χ4n) is 0.279. The van der Waals surface area contributed by atoms with E-state index >= 15 is 0 Å². The van der Waals surface area contributed by atoms with Gasteiger partial charge in [-0.2, -0.15) is 16.8 Å². The van der Waals surface area contributed by atoms with Crippen LogP contribution in [0.1, 0.15) is 0 Å². The van der Waals surface area contributed by atoms with Crippen LogP contribution in [0.25, 0.3) is 0 Å². The van der Waals surface area contributed by atoms with Crippen molar-refractivity contribution in [3.8, 4) is 0 Å². The third-order valence-corrected chi connectivity index (χ3v) is 1.48. The fourth-order valence-corrected chi connectivity index (χ4v) is 0.836. The van der Waals surface area contributed by atoms with Crippen LogP contribution in [0.5, 0.6) is 0 Å². The maximum Gasteiger partial charge on any atom is 0.397 e. The summed E-state index contributed by atoms with van der Waals surface area (Å²) in [6.07, 6.45) is 0. The van der Waals surface area contributed by atoms with E-state index in [4.69, 9.17) is 9.11 Å². The molecule has 0 aromatic heterocycles. The Morgan fingerprint density at radius 2 is 1.00 bits per heavy atom. The van der Waals surface area contributed by atoms with Crippen molar-refractivity contribution in [2.45, 2.75) is 0 Å². The van der Waals surface area contributed by atoms with Crippen LogP contribution in [-0.2, 0) is 29.2 Å². The Hall–Kier alpha value is 1.74. The summed E-state index contributed by atoms with van der Waals surface area (Å²) in [5.74, 6) is 0. The first-order valence-electron chi connectivity index (χ1n) is 2.44. The quantitative estimate of drug-likeness (QED) is 0.328. The van der Waals surface area contributed by atoms with Gasteiger partial charge in [0.05, 0.1) is 13.2 Å². The van der Waals surface area contributed by atoms with Crippen LogP contribution in [0.3, 0.4) is 0 Å². The minimum Gasteiger partial charge on any atom is -0.264 e. The molecule has 0 aliphatic heterocycles. The first-order valence-corrected chi connectivity index (χ1v) is 5.17. The van der Waals surface area contributed by atoms with Gasteiger partial charge in [-0.3, -0.25) is 9.11 Å². The molecule has 0 heterocycles. The summed E-state index contributed by atoms with van der Waals surface area (Å²) in [6.45, 7) is -1.42. The molecule has 0 fully saturated rings. The van der Waals surface area contributed by atoms with Crippen LogP contribution in [-0.4, -0.2) is 98.3 Å². The summed E-state index contributed by atoms with van der Waals surface area (Å²) in [6, 6.07) is 0. The standard InChI is InChI=1S/C2H6O8S2.2Na/c3-11(4,5)9-1-2-10-12(6,7)8;;/h1-2H2,(H,3,4,5)(H,6,7,8);;. The van der Waals surface area contributed by atoms with Crippen LogP contribution in [0, 0.1) is 0 Å². The monoisotopic (exact) mass is 268 g/mol. The molecule has 0 rings (SSSR count). The van der Waals surface area contributed by atoms with Gasteiger partial charge >= 0.3 is 20.8 Å². The van der Waals surface area contributed by atoms with Gasteiger partial charge in [-0.05, 0) is 0 Å². The van der Waals surface area contributed by atoms with E-state index in [-0.39, 0.29) is 59.1 Å². The maximum absolute atomic E-state index is 9.82. The van der Waals surface area contributed by atoms with Crippen molar-refractivity contribution in [2.75, 3.05) is 13.2 Å². The normalized spacial score (nSPS) is 11.3. The molecule has 0 saturated carbocycles. The molecule has 14 heavy (non-hydrogen) atoms. The minimum absolute atomic E-state index is 0. The summed E-state index contributed by atoms with van der Waals surface area (Å²) < 4.78 is 62.4. The van der Waals surface area contributed by atoms with E-state index in [9.17, 15) is 16.8 Å². The van der Waals surface area contributed by atoms with Crippen LogP contribution in [0.2, 0.25) is 0 Å². The van der Waals surface area contributed by atoms with Gasteiger partial charge in [-0.25, -0.2) is 8.37 Å². The predicted molar refractivity (Wildman–Crippen MR) is 46.5 cm³/mol. The second kappa shape index (κ2) is 8.84. The summed E-state index contributed by atoms with van der Waals surface area (Å²) >= 11 is 0. The van der Waals surface area contributed by atoms with E-state index in [1.165, 1.54) is 0 Å². The molecule has 8 nitrogen and oxygen atoms in total. The van der Waals surface area contributed by atoms with E-state index in [1.807, 2.05) is 0 Å². The van der Waals surface area contributed by atoms with E-state index in [1.54, 1.807) is 0 Å². The molecule has 0 atom stereocenters. The van der Waals surface area contributed by atoms with E-state index in [0.717, 1.165) is 0 Å². The Kier molecular flexibility index (Phi) is 13.3. The summed E-state index contributed by atoms with van der Waals surface area (Å²) in [5.41, 5.74) is 0. The van der Waals surface area contributed by atoms with Gasteiger partial charge in [-0.15, -0.1) is 0 Å². The largest absolute Gasteiger partial charge is 0.397 e. The Labute approximate surface area is 126 Å². The topological polar surface area (TPSA) is 127 Å². The zero-order chi connectivity index (χ0) is 9.83. The zero-order valence-corrected chi connectivity index (χ0v) is 13.2. The molecule has 0 amide bonds. The molecule has 76 valence electrons. The van der Waals surface area contributed by atoms with Crippen LogP contribution in [0.15, 0.2) is 0 Å². The molecule has 0 aromatic rings. The average Bonchev–Trinajstić information content (AvgIpc) is 1.76. The molecule has 12 heteroatoms. The Morgan fingerprint density at radius 1 is 0.786 bits per heavy atom. The SMILES string of the molecule is O=S(=O)(O)OCCOS(=O)(=O)O.[Na].[Na]. The third kappa shape index (κ3) is 19.3. The van der Waals surface area contributed by atoms with Gasteiger partial charge in [0.25, 0.3) is 0 Å². The second-order valence-corrected chi connectivity index (χ2v) is 3.68. The molecular weight excluding hydrogens is 262 g/mol. The van der Waals surface area contributed by atoms with Gasteiger partial charge in [-0.1, -0.05) is 0 Å². The predicted octanol–water partition coefficient (Wildman–Crippen LogP) is -2.14. The van der Waals surface area contributed by atoms with Crippen molar-refractivity contribution in [3.05, 3.63) is 0 Å². The Morgan fingerprint density at radius 3 is 1.14 bits per heavy atom. The fraction of sp³-hybridized carbons (Fsp3) is 1.00. The average molecular weight is 268 g/mol. The second-order valence-electron chi connectivity index (χ2n) is 1.50. The van der Waals surface area contributed by atoms with E-state index in [2.05, 4.69) is 8.37 Å². The Bertz CT molecular complexity index is 283. The minimum atomic E-state index is -4.60. The maximum atomic E-state index is 9.82. The van der Waals surface area contributed by atoms with Crippen molar-refractivity contribution in [1.82, 2.24) is 0 Å². The number of rotatable bonds is 5. The third-order valence-electron chi connectivity index (χ3n) is 0.548. The molecule has 2 N–H and O–H groups in total. The number of hydrogen-bond donors (Lipinski definition) is 2. The van der Waals surface area contributed by atoms with Crippen LogP contribution >= 0.6 is 0 Å². The molecule has 0 aromatic carbocycles. The Balaban J connectivity index is -0.000000605. The molecule has 0 saturated heterocycles. The smallest absolute Gasteiger partial charge is 0.264 e. The van der Waals surface area contributed by atoms with Crippen LogP contribution < -0.4 is 0 Å². The van der Waals surface area contributed by atoms with Gasteiger partial charge < -0.3 is 0 Å². The van der Waals surface area contributed by atoms with Gasteiger partial charge in [0.1, 0.15) is 0 Å². The van der Waals surface area contributed by atoms with Gasteiger partial charge in [0.15, 0.2) is 0 Å². The molecule has 0 aliphatic rings. The van der Waals surface area contributed by atoms with Crippen molar-refractivity contribution in [2.24, 2.45) is 0 Å². The van der Waals surface area contributed by atoms with E-state index < -0.39 is 34.0 Å². The van der Waals surface area contributed by atoms with E-state index in [0.29, 0.717) is 0 Å². The first-order chi connectivity index (χ1) is 5.21. The molecule has 0 bridgehead atoms. The summed E-state index contributed by atoms with van der Waals surface area (Å²) in [7, 11) is -9.20. The van der Waals surface area contributed by atoms with Crippen molar-refractivity contribution in [3.63, 3.8) is 0 Å². The number of hydrogen-bond acceptors (Lipinski definition) is 6. The molecule has 0 unspecified atom stereocenters. The molecule has 0 aliphatic carbocycles. The van der Waals surface area contributed by atoms with Crippen molar-refractivity contribution in [1.29, 1.82) is 0 Å². The summed E-state index contributed by atoms with van der Waals surface area (Å²) in [4.78, 5) is 0. The first kappa shape index (κ1) is 21.1. The van der Waals surface area contributed by atoms with Gasteiger partial charge in [0.2, 0.25) is 0 Å². The van der Waals surface area contributed by atoms with Gasteiger partial charge in [0, 0.05) is 59.1 Å². The van der Waals surface area contributed by atoms with Crippen molar-refractivity contribution >= 4 is 79.9 Å². The molecule has 0 spiro atoms. The zero-order valence-electron chi connectivity index (χ0n) is 7.57. The molecule has 2 radical (unpaired) electrons.